The van der Waals surface area contributed by atoms with Gasteiger partial charge in [-0.1, -0.05) is 19.9 Å². The number of methoxy groups -OCH3 is 1. The van der Waals surface area contributed by atoms with Gasteiger partial charge in [0.2, 0.25) is 0 Å². The third-order valence-electron chi connectivity index (χ3n) is 4.49. The summed E-state index contributed by atoms with van der Waals surface area (Å²) in [6.45, 7) is 16.4. The van der Waals surface area contributed by atoms with Crippen molar-refractivity contribution >= 4 is 11.3 Å². The number of ether oxygens (including phenoxy) is 1. The van der Waals surface area contributed by atoms with Gasteiger partial charge in [-0.3, -0.25) is 0 Å². The van der Waals surface area contributed by atoms with Crippen LogP contribution in [0.25, 0.3) is 5.57 Å². The molecular weight excluding hydrogens is 284 g/mol. The van der Waals surface area contributed by atoms with Gasteiger partial charge in [0, 0.05) is 41.5 Å². The average molecular weight is 316 g/mol. The van der Waals surface area contributed by atoms with Crippen LogP contribution in [0.3, 0.4) is 0 Å². The van der Waals surface area contributed by atoms with E-state index in [0.29, 0.717) is 12.1 Å². The Morgan fingerprint density at radius 2 is 1.83 bits per heavy atom. The molecule has 0 spiro atoms. The van der Waals surface area contributed by atoms with Gasteiger partial charge >= 0.3 is 0 Å². The average Bonchev–Trinajstić information content (AvgIpc) is 2.42. The lowest BCUT2D eigenvalue weighted by molar-refractivity contribution is 0.405. The van der Waals surface area contributed by atoms with Gasteiger partial charge in [-0.15, -0.1) is 0 Å². The van der Waals surface area contributed by atoms with Gasteiger partial charge in [0.15, 0.2) is 0 Å². The van der Waals surface area contributed by atoms with Crippen LogP contribution in [0.5, 0.6) is 5.75 Å². The third-order valence-corrected chi connectivity index (χ3v) is 4.49. The fraction of sp³-hybridized carbons (Fsp3) is 0.600. The molecule has 1 aromatic rings. The van der Waals surface area contributed by atoms with Crippen LogP contribution in [0.2, 0.25) is 0 Å². The highest BCUT2D eigenvalue weighted by Gasteiger charge is 2.33. The number of nitrogens with zero attached hydrogens (tertiary/aromatic N) is 1. The molecule has 3 heteroatoms. The Balaban J connectivity index is 2.56. The highest BCUT2D eigenvalue weighted by atomic mass is 16.5. The van der Waals surface area contributed by atoms with Crippen molar-refractivity contribution in [3.63, 3.8) is 0 Å². The maximum absolute atomic E-state index is 5.69. The van der Waals surface area contributed by atoms with Crippen molar-refractivity contribution in [1.82, 2.24) is 5.32 Å². The second-order valence-electron chi connectivity index (χ2n) is 7.66. The number of hydrogen-bond donors (Lipinski definition) is 1. The molecule has 3 nitrogen and oxygen atoms in total. The Hall–Kier alpha value is -1.48. The first-order chi connectivity index (χ1) is 10.7. The number of nitrogens with one attached hydrogen (secondary N) is 1. The topological polar surface area (TPSA) is 24.5 Å². The highest BCUT2D eigenvalue weighted by Crippen LogP contribution is 2.43. The van der Waals surface area contributed by atoms with Crippen LogP contribution in [-0.2, 0) is 6.54 Å². The van der Waals surface area contributed by atoms with Gasteiger partial charge in [-0.25, -0.2) is 0 Å². The molecule has 0 saturated heterocycles. The Labute approximate surface area is 141 Å². The first-order valence-corrected chi connectivity index (χ1v) is 8.61. The SMILES string of the molecule is COc1cc2c(cc1CNC(C)C)C(C)=CC(C)(C)N2C(C)C. The molecular formula is C20H32N2O. The van der Waals surface area contributed by atoms with Crippen LogP contribution in [0.15, 0.2) is 18.2 Å². The quantitative estimate of drug-likeness (QED) is 0.859. The Kier molecular flexibility index (Phi) is 5.10. The summed E-state index contributed by atoms with van der Waals surface area (Å²) in [6, 6.07) is 5.39. The molecule has 1 aliphatic rings. The van der Waals surface area contributed by atoms with E-state index >= 15 is 0 Å². The second-order valence-corrected chi connectivity index (χ2v) is 7.66. The molecule has 1 N–H and O–H groups in total. The monoisotopic (exact) mass is 316 g/mol. The highest BCUT2D eigenvalue weighted by molar-refractivity contribution is 5.83. The van der Waals surface area contributed by atoms with E-state index in [0.717, 1.165) is 12.3 Å². The summed E-state index contributed by atoms with van der Waals surface area (Å²) >= 11 is 0. The minimum absolute atomic E-state index is 0.00790. The van der Waals surface area contributed by atoms with E-state index in [1.807, 2.05) is 0 Å². The minimum atomic E-state index is 0.00790. The summed E-state index contributed by atoms with van der Waals surface area (Å²) in [6.07, 6.45) is 2.38. The fourth-order valence-corrected chi connectivity index (χ4v) is 3.70. The molecule has 1 aromatic carbocycles. The van der Waals surface area contributed by atoms with Crippen molar-refractivity contribution in [1.29, 1.82) is 0 Å². The molecule has 0 atom stereocenters. The van der Waals surface area contributed by atoms with Crippen LogP contribution < -0.4 is 15.0 Å². The van der Waals surface area contributed by atoms with E-state index in [2.05, 4.69) is 76.9 Å². The van der Waals surface area contributed by atoms with Crippen LogP contribution in [0.4, 0.5) is 5.69 Å². The molecule has 0 aromatic heterocycles. The van der Waals surface area contributed by atoms with Crippen molar-refractivity contribution in [2.45, 2.75) is 72.6 Å². The van der Waals surface area contributed by atoms with E-state index in [-0.39, 0.29) is 5.54 Å². The lowest BCUT2D eigenvalue weighted by Crippen LogP contribution is -2.49. The van der Waals surface area contributed by atoms with Crippen molar-refractivity contribution < 1.29 is 4.74 Å². The summed E-state index contributed by atoms with van der Waals surface area (Å²) < 4.78 is 5.69. The standard InChI is InChI=1S/C20H32N2O/c1-13(2)21-12-16-9-17-15(5)11-20(6,7)22(14(3)4)18(17)10-19(16)23-8/h9-11,13-14,21H,12H2,1-8H3. The van der Waals surface area contributed by atoms with E-state index in [1.165, 1.54) is 22.4 Å². The maximum atomic E-state index is 5.69. The van der Waals surface area contributed by atoms with Crippen molar-refractivity contribution in [2.24, 2.45) is 0 Å². The summed E-state index contributed by atoms with van der Waals surface area (Å²) in [5.41, 5.74) is 5.16. The lowest BCUT2D eigenvalue weighted by atomic mass is 9.86. The molecule has 1 heterocycles. The Morgan fingerprint density at radius 1 is 1.17 bits per heavy atom. The maximum Gasteiger partial charge on any atom is 0.125 e. The second kappa shape index (κ2) is 6.56. The van der Waals surface area contributed by atoms with Crippen LogP contribution in [0, 0.1) is 0 Å². The van der Waals surface area contributed by atoms with Gasteiger partial charge < -0.3 is 15.0 Å². The smallest absolute Gasteiger partial charge is 0.125 e. The predicted molar refractivity (Wildman–Crippen MR) is 100 cm³/mol. The molecule has 0 saturated carbocycles. The zero-order valence-corrected chi connectivity index (χ0v) is 15.9. The van der Waals surface area contributed by atoms with Gasteiger partial charge in [0.25, 0.3) is 0 Å². The van der Waals surface area contributed by atoms with E-state index in [9.17, 15) is 0 Å². The van der Waals surface area contributed by atoms with Crippen LogP contribution in [-0.4, -0.2) is 24.7 Å². The van der Waals surface area contributed by atoms with E-state index < -0.39 is 0 Å². The van der Waals surface area contributed by atoms with Crippen molar-refractivity contribution in [3.8, 4) is 5.75 Å². The van der Waals surface area contributed by atoms with Crippen molar-refractivity contribution in [2.75, 3.05) is 12.0 Å². The molecule has 0 amide bonds. The summed E-state index contributed by atoms with van der Waals surface area (Å²) in [5, 5.41) is 3.50. The Bertz CT molecular complexity index is 600. The number of hydrogen-bond acceptors (Lipinski definition) is 3. The number of fused-ring (bicyclic) bond motifs is 1. The molecule has 0 bridgehead atoms. The number of allylic oxidation sites excluding steroid dienone is 1. The summed E-state index contributed by atoms with van der Waals surface area (Å²) in [7, 11) is 1.76. The molecule has 2 rings (SSSR count). The number of anilines is 1. The zero-order chi connectivity index (χ0) is 17.4. The molecule has 1 aliphatic heterocycles. The van der Waals surface area contributed by atoms with Crippen molar-refractivity contribution in [3.05, 3.63) is 29.3 Å². The van der Waals surface area contributed by atoms with E-state index in [4.69, 9.17) is 4.74 Å². The van der Waals surface area contributed by atoms with Gasteiger partial charge in [-0.05, 0) is 46.3 Å². The number of benzene rings is 1. The van der Waals surface area contributed by atoms with E-state index in [1.54, 1.807) is 7.11 Å². The molecule has 0 radical (unpaired) electrons. The number of rotatable bonds is 5. The van der Waals surface area contributed by atoms with Gasteiger partial charge in [-0.2, -0.15) is 0 Å². The minimum Gasteiger partial charge on any atom is -0.496 e. The normalized spacial score (nSPS) is 16.6. The third kappa shape index (κ3) is 3.55. The zero-order valence-electron chi connectivity index (χ0n) is 15.9. The first-order valence-electron chi connectivity index (χ1n) is 8.61. The van der Waals surface area contributed by atoms with Crippen LogP contribution >= 0.6 is 0 Å². The largest absolute Gasteiger partial charge is 0.496 e. The molecule has 128 valence electrons. The molecule has 0 fully saturated rings. The summed E-state index contributed by atoms with van der Waals surface area (Å²) in [4.78, 5) is 2.48. The van der Waals surface area contributed by atoms with Gasteiger partial charge in [0.05, 0.1) is 12.6 Å². The first kappa shape index (κ1) is 17.9. The van der Waals surface area contributed by atoms with Crippen LogP contribution in [0.1, 0.15) is 59.6 Å². The fourth-order valence-electron chi connectivity index (χ4n) is 3.70. The molecule has 23 heavy (non-hydrogen) atoms. The molecule has 0 unspecified atom stereocenters. The predicted octanol–water partition coefficient (Wildman–Crippen LogP) is 4.60. The van der Waals surface area contributed by atoms with Gasteiger partial charge in [0.1, 0.15) is 5.75 Å². The lowest BCUT2D eigenvalue weighted by Gasteiger charge is -2.46. The summed E-state index contributed by atoms with van der Waals surface area (Å²) in [5.74, 6) is 0.966. The Morgan fingerprint density at radius 3 is 2.35 bits per heavy atom. The molecule has 0 aliphatic carbocycles.